The minimum atomic E-state index is -0.401. The number of hydrogen-bond donors (Lipinski definition) is 1. The molecule has 8 nitrogen and oxygen atoms in total. The Labute approximate surface area is 130 Å². The second-order valence-corrected chi connectivity index (χ2v) is 5.87. The van der Waals surface area contributed by atoms with Crippen molar-refractivity contribution in [3.63, 3.8) is 0 Å². The number of nitrogens with zero attached hydrogens (tertiary/aromatic N) is 5. The summed E-state index contributed by atoms with van der Waals surface area (Å²) in [4.78, 5) is 33.5. The van der Waals surface area contributed by atoms with E-state index in [0.29, 0.717) is 10.1 Å². The average Bonchev–Trinajstić information content (AvgIpc) is 3.20. The number of carbonyl (C=O) groups is 2. The van der Waals surface area contributed by atoms with Crippen LogP contribution in [-0.2, 0) is 11.2 Å². The molecule has 2 aromatic heterocycles. The van der Waals surface area contributed by atoms with Gasteiger partial charge in [-0.05, 0) is 12.8 Å². The van der Waals surface area contributed by atoms with E-state index in [9.17, 15) is 9.59 Å². The molecule has 114 valence electrons. The van der Waals surface area contributed by atoms with Crippen molar-refractivity contribution in [2.45, 2.75) is 19.3 Å². The Morgan fingerprint density at radius 2 is 2.05 bits per heavy atom. The largest absolute Gasteiger partial charge is 0.342 e. The van der Waals surface area contributed by atoms with Gasteiger partial charge in [0.05, 0.1) is 12.6 Å². The second kappa shape index (κ2) is 6.56. The minimum Gasteiger partial charge on any atom is -0.342 e. The number of aromatic nitrogens is 4. The molecule has 0 bridgehead atoms. The van der Waals surface area contributed by atoms with E-state index in [2.05, 4.69) is 25.5 Å². The number of hydrogen-bond acceptors (Lipinski definition) is 7. The molecule has 0 aromatic carbocycles. The zero-order valence-corrected chi connectivity index (χ0v) is 12.5. The van der Waals surface area contributed by atoms with Gasteiger partial charge in [-0.15, -0.1) is 10.2 Å². The second-order valence-electron chi connectivity index (χ2n) is 4.81. The molecule has 2 aromatic rings. The molecule has 1 aliphatic heterocycles. The quantitative estimate of drug-likeness (QED) is 0.892. The lowest BCUT2D eigenvalue weighted by Gasteiger charge is -2.13. The molecule has 1 aliphatic rings. The van der Waals surface area contributed by atoms with E-state index in [-0.39, 0.29) is 18.0 Å². The van der Waals surface area contributed by atoms with E-state index in [1.54, 1.807) is 0 Å². The Hall–Kier alpha value is -2.42. The Kier molecular flexibility index (Phi) is 4.33. The molecule has 1 fully saturated rings. The molecule has 3 rings (SSSR count). The molecular weight excluding hydrogens is 304 g/mol. The van der Waals surface area contributed by atoms with Crippen molar-refractivity contribution in [1.29, 1.82) is 0 Å². The molecule has 2 amide bonds. The molecule has 1 saturated heterocycles. The molecule has 1 N–H and O–H groups in total. The van der Waals surface area contributed by atoms with Crippen LogP contribution in [0.1, 0.15) is 28.3 Å². The van der Waals surface area contributed by atoms with Gasteiger partial charge in [0, 0.05) is 25.5 Å². The number of rotatable bonds is 4. The Bertz CT molecular complexity index is 668. The summed E-state index contributed by atoms with van der Waals surface area (Å²) in [6, 6.07) is 0. The molecule has 3 heterocycles. The van der Waals surface area contributed by atoms with Crippen LogP contribution in [0.5, 0.6) is 0 Å². The standard InChI is InChI=1S/C13H14N6O2S/c20-11(19-5-1-2-6-19)7-10-17-18-13(22-10)16-12(21)9-8-14-3-4-15-9/h3-4,8H,1-2,5-7H2,(H,16,18,21). The maximum Gasteiger partial charge on any atom is 0.277 e. The molecule has 0 saturated carbocycles. The molecule has 22 heavy (non-hydrogen) atoms. The van der Waals surface area contributed by atoms with Crippen molar-refractivity contribution in [1.82, 2.24) is 25.1 Å². The van der Waals surface area contributed by atoms with Crippen LogP contribution in [0.3, 0.4) is 0 Å². The van der Waals surface area contributed by atoms with E-state index in [4.69, 9.17) is 0 Å². The summed E-state index contributed by atoms with van der Waals surface area (Å²) in [5, 5.41) is 11.4. The highest BCUT2D eigenvalue weighted by Gasteiger charge is 2.20. The molecule has 0 unspecified atom stereocenters. The Morgan fingerprint density at radius 3 is 2.77 bits per heavy atom. The topological polar surface area (TPSA) is 101 Å². The normalized spacial score (nSPS) is 14.1. The van der Waals surface area contributed by atoms with Crippen molar-refractivity contribution in [2.75, 3.05) is 18.4 Å². The van der Waals surface area contributed by atoms with Gasteiger partial charge in [-0.1, -0.05) is 11.3 Å². The van der Waals surface area contributed by atoms with E-state index < -0.39 is 5.91 Å². The lowest BCUT2D eigenvalue weighted by atomic mass is 10.4. The van der Waals surface area contributed by atoms with Crippen LogP contribution in [-0.4, -0.2) is 50.0 Å². The number of anilines is 1. The first-order valence-corrected chi connectivity index (χ1v) is 7.71. The van der Waals surface area contributed by atoms with Gasteiger partial charge in [-0.25, -0.2) is 4.98 Å². The van der Waals surface area contributed by atoms with Gasteiger partial charge in [0.25, 0.3) is 5.91 Å². The zero-order chi connectivity index (χ0) is 15.4. The third kappa shape index (κ3) is 3.42. The summed E-state index contributed by atoms with van der Waals surface area (Å²) in [5.74, 6) is -0.345. The molecule has 9 heteroatoms. The summed E-state index contributed by atoms with van der Waals surface area (Å²) in [5.41, 5.74) is 0.201. The summed E-state index contributed by atoms with van der Waals surface area (Å²) in [6.45, 7) is 1.63. The van der Waals surface area contributed by atoms with E-state index in [1.807, 2.05) is 4.90 Å². The third-order valence-electron chi connectivity index (χ3n) is 3.24. The van der Waals surface area contributed by atoms with Gasteiger partial charge >= 0.3 is 0 Å². The van der Waals surface area contributed by atoms with Crippen LogP contribution in [0.2, 0.25) is 0 Å². The highest BCUT2D eigenvalue weighted by atomic mass is 32.1. The van der Waals surface area contributed by atoms with Gasteiger partial charge in [0.15, 0.2) is 0 Å². The smallest absolute Gasteiger partial charge is 0.277 e. The minimum absolute atomic E-state index is 0.0560. The lowest BCUT2D eigenvalue weighted by molar-refractivity contribution is -0.129. The van der Waals surface area contributed by atoms with E-state index in [0.717, 1.165) is 25.9 Å². The monoisotopic (exact) mass is 318 g/mol. The fraction of sp³-hybridized carbons (Fsp3) is 0.385. The fourth-order valence-corrected chi connectivity index (χ4v) is 2.89. The molecule has 0 spiro atoms. The Balaban J connectivity index is 1.59. The molecule has 0 radical (unpaired) electrons. The summed E-state index contributed by atoms with van der Waals surface area (Å²) >= 11 is 1.19. The highest BCUT2D eigenvalue weighted by molar-refractivity contribution is 7.15. The van der Waals surface area contributed by atoms with Crippen molar-refractivity contribution < 1.29 is 9.59 Å². The van der Waals surface area contributed by atoms with E-state index >= 15 is 0 Å². The first-order valence-electron chi connectivity index (χ1n) is 6.90. The van der Waals surface area contributed by atoms with Gasteiger partial charge in [0.1, 0.15) is 10.7 Å². The summed E-state index contributed by atoms with van der Waals surface area (Å²) < 4.78 is 0. The molecular formula is C13H14N6O2S. The lowest BCUT2D eigenvalue weighted by Crippen LogP contribution is -2.28. The number of amides is 2. The molecule has 0 atom stereocenters. The van der Waals surface area contributed by atoms with Crippen molar-refractivity contribution >= 4 is 28.3 Å². The van der Waals surface area contributed by atoms with Gasteiger partial charge in [-0.3, -0.25) is 19.9 Å². The average molecular weight is 318 g/mol. The van der Waals surface area contributed by atoms with E-state index in [1.165, 1.54) is 29.9 Å². The summed E-state index contributed by atoms with van der Waals surface area (Å²) in [7, 11) is 0. The first-order chi connectivity index (χ1) is 10.7. The summed E-state index contributed by atoms with van der Waals surface area (Å²) in [6.07, 6.45) is 6.63. The number of likely N-dealkylation sites (tertiary alicyclic amines) is 1. The van der Waals surface area contributed by atoms with Crippen LogP contribution < -0.4 is 5.32 Å². The van der Waals surface area contributed by atoms with Crippen LogP contribution >= 0.6 is 11.3 Å². The SMILES string of the molecule is O=C(Nc1nnc(CC(=O)N2CCCC2)s1)c1cnccn1. The number of carbonyl (C=O) groups excluding carboxylic acids is 2. The highest BCUT2D eigenvalue weighted by Crippen LogP contribution is 2.18. The zero-order valence-electron chi connectivity index (χ0n) is 11.7. The van der Waals surface area contributed by atoms with Gasteiger partial charge < -0.3 is 4.90 Å². The first kappa shape index (κ1) is 14.5. The van der Waals surface area contributed by atoms with Gasteiger partial charge in [-0.2, -0.15) is 0 Å². The van der Waals surface area contributed by atoms with Crippen molar-refractivity contribution in [2.24, 2.45) is 0 Å². The van der Waals surface area contributed by atoms with Crippen molar-refractivity contribution in [3.8, 4) is 0 Å². The fourth-order valence-electron chi connectivity index (χ4n) is 2.16. The van der Waals surface area contributed by atoms with Crippen LogP contribution in [0.15, 0.2) is 18.6 Å². The predicted molar refractivity (Wildman–Crippen MR) is 79.4 cm³/mol. The predicted octanol–water partition coefficient (Wildman–Crippen LogP) is 0.745. The van der Waals surface area contributed by atoms with Gasteiger partial charge in [0.2, 0.25) is 11.0 Å². The van der Waals surface area contributed by atoms with Crippen LogP contribution in [0.4, 0.5) is 5.13 Å². The van der Waals surface area contributed by atoms with Crippen molar-refractivity contribution in [3.05, 3.63) is 29.3 Å². The van der Waals surface area contributed by atoms with Crippen LogP contribution in [0, 0.1) is 0 Å². The number of nitrogens with one attached hydrogen (secondary N) is 1. The molecule has 0 aliphatic carbocycles. The van der Waals surface area contributed by atoms with Crippen LogP contribution in [0.25, 0.3) is 0 Å². The third-order valence-corrected chi connectivity index (χ3v) is 4.08. The maximum absolute atomic E-state index is 12.0. The maximum atomic E-state index is 12.0. The Morgan fingerprint density at radius 1 is 1.23 bits per heavy atom.